The molecule has 0 amide bonds. The fraction of sp³-hybridized carbons (Fsp3) is 0.0769. The zero-order valence-electron chi connectivity index (χ0n) is 8.81. The van der Waals surface area contributed by atoms with Crippen LogP contribution in [0.5, 0.6) is 0 Å². The van der Waals surface area contributed by atoms with E-state index in [0.29, 0.717) is 9.92 Å². The number of hydrogen-bond donors (Lipinski definition) is 0. The summed E-state index contributed by atoms with van der Waals surface area (Å²) in [4.78, 5) is 1.44. The summed E-state index contributed by atoms with van der Waals surface area (Å²) in [7, 11) is -1.20. The fourth-order valence-electron chi connectivity index (χ4n) is 1.38. The Kier molecular flexibility index (Phi) is 3.42. The number of aryl methyl sites for hydroxylation is 1. The van der Waals surface area contributed by atoms with Gasteiger partial charge in [-0.1, -0.05) is 41.4 Å². The summed E-state index contributed by atoms with van der Waals surface area (Å²) in [6, 6.07) is 14.9. The number of hydrogen-bond acceptors (Lipinski definition) is 1. The summed E-state index contributed by atoms with van der Waals surface area (Å²) < 4.78 is 12.2. The highest BCUT2D eigenvalue weighted by molar-refractivity contribution is 7.85. The zero-order chi connectivity index (χ0) is 11.5. The predicted molar refractivity (Wildman–Crippen MR) is 67.3 cm³/mol. The molecule has 0 aliphatic heterocycles. The van der Waals surface area contributed by atoms with Gasteiger partial charge < -0.3 is 0 Å². The third kappa shape index (κ3) is 2.34. The largest absolute Gasteiger partial charge is 0.249 e. The van der Waals surface area contributed by atoms with Crippen LogP contribution in [0.4, 0.5) is 0 Å². The Balaban J connectivity index is 2.40. The summed E-state index contributed by atoms with van der Waals surface area (Å²) in [5, 5.41) is 0.543. The second kappa shape index (κ2) is 4.81. The summed E-state index contributed by atoms with van der Waals surface area (Å²) in [5.74, 6) is 0. The molecule has 0 N–H and O–H groups in total. The van der Waals surface area contributed by atoms with Gasteiger partial charge in [-0.3, -0.25) is 0 Å². The number of rotatable bonds is 2. The molecule has 0 bridgehead atoms. The third-order valence-electron chi connectivity index (χ3n) is 2.27. The second-order valence-corrected chi connectivity index (χ2v) is 5.37. The molecular formula is C13H11ClOS. The normalized spacial score (nSPS) is 12.4. The van der Waals surface area contributed by atoms with Gasteiger partial charge in [0.05, 0.1) is 20.7 Å². The van der Waals surface area contributed by atoms with Crippen LogP contribution in [0, 0.1) is 6.92 Å². The first-order valence-corrected chi connectivity index (χ1v) is 6.44. The average molecular weight is 251 g/mol. The molecule has 0 aliphatic carbocycles. The Morgan fingerprint density at radius 1 is 1.00 bits per heavy atom. The molecule has 0 aliphatic rings. The molecule has 1 atom stereocenters. The highest BCUT2D eigenvalue weighted by atomic mass is 35.5. The molecule has 0 fully saturated rings. The first-order valence-electron chi connectivity index (χ1n) is 4.91. The summed E-state index contributed by atoms with van der Waals surface area (Å²) in [5.41, 5.74) is 1.15. The van der Waals surface area contributed by atoms with Crippen LogP contribution in [0.3, 0.4) is 0 Å². The number of halogens is 1. The van der Waals surface area contributed by atoms with E-state index in [9.17, 15) is 4.21 Å². The van der Waals surface area contributed by atoms with Crippen LogP contribution in [0.25, 0.3) is 0 Å². The van der Waals surface area contributed by atoms with Gasteiger partial charge in [0.1, 0.15) is 0 Å². The van der Waals surface area contributed by atoms with E-state index in [1.54, 1.807) is 12.1 Å². The molecule has 2 rings (SSSR count). The molecule has 0 spiro atoms. The van der Waals surface area contributed by atoms with Gasteiger partial charge in [-0.05, 0) is 31.2 Å². The lowest BCUT2D eigenvalue weighted by Crippen LogP contribution is -1.93. The van der Waals surface area contributed by atoms with E-state index in [1.165, 1.54) is 0 Å². The van der Waals surface area contributed by atoms with Crippen molar-refractivity contribution in [2.24, 2.45) is 0 Å². The van der Waals surface area contributed by atoms with E-state index in [0.717, 1.165) is 10.5 Å². The maximum atomic E-state index is 12.2. The van der Waals surface area contributed by atoms with Crippen LogP contribution in [0.15, 0.2) is 58.3 Å². The van der Waals surface area contributed by atoms with Crippen molar-refractivity contribution in [3.05, 3.63) is 59.1 Å². The van der Waals surface area contributed by atoms with E-state index >= 15 is 0 Å². The van der Waals surface area contributed by atoms with Gasteiger partial charge in [0.15, 0.2) is 0 Å². The van der Waals surface area contributed by atoms with E-state index in [2.05, 4.69) is 0 Å². The molecule has 2 aromatic rings. The summed E-state index contributed by atoms with van der Waals surface area (Å²) in [6.07, 6.45) is 0. The molecule has 0 radical (unpaired) electrons. The second-order valence-electron chi connectivity index (χ2n) is 3.51. The Morgan fingerprint density at radius 2 is 1.62 bits per heavy atom. The van der Waals surface area contributed by atoms with E-state index in [1.807, 2.05) is 43.3 Å². The molecule has 16 heavy (non-hydrogen) atoms. The van der Waals surface area contributed by atoms with Gasteiger partial charge in [-0.15, -0.1) is 0 Å². The van der Waals surface area contributed by atoms with Crippen LogP contribution in [0.2, 0.25) is 5.02 Å². The van der Waals surface area contributed by atoms with Gasteiger partial charge in [-0.25, -0.2) is 4.21 Å². The Labute approximate surface area is 103 Å². The van der Waals surface area contributed by atoms with Crippen molar-refractivity contribution in [1.82, 2.24) is 0 Å². The molecule has 1 unspecified atom stereocenters. The molecule has 2 aromatic carbocycles. The van der Waals surface area contributed by atoms with Crippen molar-refractivity contribution < 1.29 is 4.21 Å². The van der Waals surface area contributed by atoms with Crippen LogP contribution in [-0.2, 0) is 10.8 Å². The van der Waals surface area contributed by atoms with E-state index < -0.39 is 10.8 Å². The van der Waals surface area contributed by atoms with Crippen molar-refractivity contribution in [2.45, 2.75) is 16.7 Å². The van der Waals surface area contributed by atoms with Crippen molar-refractivity contribution in [2.75, 3.05) is 0 Å². The molecule has 1 nitrogen and oxygen atoms in total. The van der Waals surface area contributed by atoms with Crippen molar-refractivity contribution in [1.29, 1.82) is 0 Å². The van der Waals surface area contributed by atoms with Gasteiger partial charge in [0.25, 0.3) is 0 Å². The van der Waals surface area contributed by atoms with Gasteiger partial charge in [-0.2, -0.15) is 0 Å². The van der Waals surface area contributed by atoms with Gasteiger partial charge in [0.2, 0.25) is 0 Å². The first-order chi connectivity index (χ1) is 7.68. The fourth-order valence-corrected chi connectivity index (χ4v) is 2.81. The minimum atomic E-state index is -1.20. The summed E-state index contributed by atoms with van der Waals surface area (Å²) in [6.45, 7) is 2.00. The average Bonchev–Trinajstić information content (AvgIpc) is 2.30. The molecule has 3 heteroatoms. The van der Waals surface area contributed by atoms with E-state index in [4.69, 9.17) is 11.6 Å². The Morgan fingerprint density at radius 3 is 2.25 bits per heavy atom. The zero-order valence-corrected chi connectivity index (χ0v) is 10.4. The lowest BCUT2D eigenvalue weighted by molar-refractivity contribution is 0.683. The molecule has 82 valence electrons. The standard InChI is InChI=1S/C13H11ClOS/c1-10-6-8-11(9-7-10)16(15)13-5-3-2-4-12(13)14/h2-9H,1H3. The van der Waals surface area contributed by atoms with E-state index in [-0.39, 0.29) is 0 Å². The summed E-state index contributed by atoms with van der Waals surface area (Å²) >= 11 is 6.01. The quantitative estimate of drug-likeness (QED) is 0.792. The van der Waals surface area contributed by atoms with Crippen LogP contribution in [0.1, 0.15) is 5.56 Å². The highest BCUT2D eigenvalue weighted by Gasteiger charge is 2.09. The third-order valence-corrected chi connectivity index (χ3v) is 4.17. The minimum absolute atomic E-state index is 0.543. The molecule has 0 aromatic heterocycles. The van der Waals surface area contributed by atoms with Gasteiger partial charge >= 0.3 is 0 Å². The topological polar surface area (TPSA) is 17.1 Å². The lowest BCUT2D eigenvalue weighted by Gasteiger charge is -2.04. The highest BCUT2D eigenvalue weighted by Crippen LogP contribution is 2.23. The van der Waals surface area contributed by atoms with Crippen LogP contribution in [-0.4, -0.2) is 4.21 Å². The monoisotopic (exact) mass is 250 g/mol. The molecule has 0 saturated heterocycles. The Bertz CT molecular complexity index is 520. The predicted octanol–water partition coefficient (Wildman–Crippen LogP) is 3.82. The molecular weight excluding hydrogens is 240 g/mol. The first kappa shape index (κ1) is 11.4. The SMILES string of the molecule is Cc1ccc(S(=O)c2ccccc2Cl)cc1. The number of benzene rings is 2. The van der Waals surface area contributed by atoms with Crippen molar-refractivity contribution >= 4 is 22.4 Å². The lowest BCUT2D eigenvalue weighted by atomic mass is 10.2. The van der Waals surface area contributed by atoms with Crippen LogP contribution < -0.4 is 0 Å². The minimum Gasteiger partial charge on any atom is -0.249 e. The smallest absolute Gasteiger partial charge is 0.0864 e. The van der Waals surface area contributed by atoms with Gasteiger partial charge in [0, 0.05) is 4.90 Å². The molecule has 0 heterocycles. The Hall–Kier alpha value is -1.12. The van der Waals surface area contributed by atoms with Crippen LogP contribution >= 0.6 is 11.6 Å². The maximum absolute atomic E-state index is 12.2. The van der Waals surface area contributed by atoms with Crippen molar-refractivity contribution in [3.8, 4) is 0 Å². The van der Waals surface area contributed by atoms with Crippen molar-refractivity contribution in [3.63, 3.8) is 0 Å². The molecule has 0 saturated carbocycles. The maximum Gasteiger partial charge on any atom is 0.0864 e.